The standard InChI is InChI=1S/C24H23F3N4O6/c1-12(35-24(28)33)20-19(21(32)30-10-16-6-5-15(25)9-29-16)31-22(37-20)14-4-7-17(36-23(26)27)18(8-14)34-11-13-2-3-13/h4-9,12-13,23H,2-3,10-11H2,1H3,(H2,28,33)(H,30,32). The molecule has 1 aromatic carbocycles. The third-order valence-corrected chi connectivity index (χ3v) is 5.33. The lowest BCUT2D eigenvalue weighted by Crippen LogP contribution is -2.25. The molecule has 3 aromatic rings. The van der Waals surface area contributed by atoms with E-state index in [0.717, 1.165) is 19.0 Å². The number of carbonyl (C=O) groups is 2. The van der Waals surface area contributed by atoms with Gasteiger partial charge in [0.25, 0.3) is 5.91 Å². The van der Waals surface area contributed by atoms with Gasteiger partial charge in [-0.25, -0.2) is 14.2 Å². The van der Waals surface area contributed by atoms with Crippen molar-refractivity contribution in [1.82, 2.24) is 15.3 Å². The largest absolute Gasteiger partial charge is 0.489 e. The number of halogens is 3. The number of nitrogens with one attached hydrogen (secondary N) is 1. The van der Waals surface area contributed by atoms with Crippen LogP contribution in [-0.2, 0) is 11.3 Å². The molecular formula is C24H23F3N4O6. The second kappa shape index (κ2) is 11.2. The summed E-state index contributed by atoms with van der Waals surface area (Å²) in [5.74, 6) is -1.17. The average Bonchev–Trinajstić information content (AvgIpc) is 3.57. The number of primary amides is 1. The Hall–Kier alpha value is -4.29. The van der Waals surface area contributed by atoms with Gasteiger partial charge in [-0.1, -0.05) is 0 Å². The lowest BCUT2D eigenvalue weighted by molar-refractivity contribution is -0.0515. The second-order valence-electron chi connectivity index (χ2n) is 8.26. The number of aromatic nitrogens is 2. The van der Waals surface area contributed by atoms with Gasteiger partial charge >= 0.3 is 12.7 Å². The highest BCUT2D eigenvalue weighted by atomic mass is 19.3. The quantitative estimate of drug-likeness (QED) is 0.380. The van der Waals surface area contributed by atoms with Crippen LogP contribution in [-0.4, -0.2) is 35.2 Å². The summed E-state index contributed by atoms with van der Waals surface area (Å²) in [6, 6.07) is 6.67. The summed E-state index contributed by atoms with van der Waals surface area (Å²) in [5.41, 5.74) is 5.57. The van der Waals surface area contributed by atoms with Crippen LogP contribution in [0.1, 0.15) is 47.8 Å². The molecule has 37 heavy (non-hydrogen) atoms. The van der Waals surface area contributed by atoms with Gasteiger partial charge in [0.1, 0.15) is 5.82 Å². The molecule has 2 amide bonds. The van der Waals surface area contributed by atoms with Crippen molar-refractivity contribution in [2.75, 3.05) is 6.61 Å². The zero-order chi connectivity index (χ0) is 26.5. The van der Waals surface area contributed by atoms with Gasteiger partial charge in [0.15, 0.2) is 29.1 Å². The molecular weight excluding hydrogens is 497 g/mol. The number of rotatable bonds is 11. The molecule has 4 rings (SSSR count). The summed E-state index contributed by atoms with van der Waals surface area (Å²) in [4.78, 5) is 32.3. The Morgan fingerprint density at radius 2 is 2.00 bits per heavy atom. The van der Waals surface area contributed by atoms with Gasteiger partial charge in [0.2, 0.25) is 5.89 Å². The van der Waals surface area contributed by atoms with Gasteiger partial charge in [-0.15, -0.1) is 0 Å². The Morgan fingerprint density at radius 1 is 1.22 bits per heavy atom. The van der Waals surface area contributed by atoms with Crippen LogP contribution in [0.3, 0.4) is 0 Å². The summed E-state index contributed by atoms with van der Waals surface area (Å²) in [7, 11) is 0. The van der Waals surface area contributed by atoms with Crippen LogP contribution >= 0.6 is 0 Å². The van der Waals surface area contributed by atoms with E-state index >= 15 is 0 Å². The molecule has 196 valence electrons. The fourth-order valence-corrected chi connectivity index (χ4v) is 3.33. The topological polar surface area (TPSA) is 139 Å². The van der Waals surface area contributed by atoms with E-state index in [4.69, 9.17) is 19.6 Å². The number of ether oxygens (including phenoxy) is 3. The molecule has 0 radical (unpaired) electrons. The van der Waals surface area contributed by atoms with Crippen molar-refractivity contribution in [3.05, 3.63) is 59.5 Å². The Kier molecular flexibility index (Phi) is 7.80. The van der Waals surface area contributed by atoms with E-state index in [0.29, 0.717) is 23.8 Å². The molecule has 0 spiro atoms. The molecule has 1 fully saturated rings. The first-order valence-electron chi connectivity index (χ1n) is 11.3. The van der Waals surface area contributed by atoms with Crippen molar-refractivity contribution < 1.29 is 41.4 Å². The van der Waals surface area contributed by atoms with Gasteiger partial charge in [0.05, 0.1) is 25.0 Å². The molecule has 0 bridgehead atoms. The first kappa shape index (κ1) is 25.8. The van der Waals surface area contributed by atoms with Crippen LogP contribution < -0.4 is 20.5 Å². The molecule has 10 nitrogen and oxygen atoms in total. The third-order valence-electron chi connectivity index (χ3n) is 5.33. The summed E-state index contributed by atoms with van der Waals surface area (Å²) < 4.78 is 59.7. The Balaban J connectivity index is 1.62. The molecule has 1 saturated carbocycles. The van der Waals surface area contributed by atoms with Gasteiger partial charge in [0, 0.05) is 5.56 Å². The van der Waals surface area contributed by atoms with E-state index in [2.05, 4.69) is 20.0 Å². The van der Waals surface area contributed by atoms with Crippen LogP contribution in [0.5, 0.6) is 11.5 Å². The second-order valence-corrected chi connectivity index (χ2v) is 8.26. The lowest BCUT2D eigenvalue weighted by Gasteiger charge is -2.13. The van der Waals surface area contributed by atoms with E-state index in [1.54, 1.807) is 0 Å². The third kappa shape index (κ3) is 6.90. The molecule has 0 aliphatic heterocycles. The monoisotopic (exact) mass is 520 g/mol. The first-order chi connectivity index (χ1) is 17.7. The minimum absolute atomic E-state index is 0.0510. The maximum Gasteiger partial charge on any atom is 0.405 e. The fourth-order valence-electron chi connectivity index (χ4n) is 3.33. The smallest absolute Gasteiger partial charge is 0.405 e. The number of oxazole rings is 1. The zero-order valence-electron chi connectivity index (χ0n) is 19.6. The molecule has 13 heteroatoms. The van der Waals surface area contributed by atoms with Gasteiger partial charge in [-0.2, -0.15) is 8.78 Å². The molecule has 1 aliphatic carbocycles. The zero-order valence-corrected chi connectivity index (χ0v) is 19.6. The van der Waals surface area contributed by atoms with Crippen LogP contribution in [0.4, 0.5) is 18.0 Å². The van der Waals surface area contributed by atoms with Crippen molar-refractivity contribution in [2.45, 2.75) is 39.0 Å². The highest BCUT2D eigenvalue weighted by Crippen LogP contribution is 2.37. The SMILES string of the molecule is CC(OC(N)=O)c1oc(-c2ccc(OC(F)F)c(OCC3CC3)c2)nc1C(=O)NCc1ccc(F)cn1. The number of hydrogen-bond acceptors (Lipinski definition) is 8. The van der Waals surface area contributed by atoms with Crippen molar-refractivity contribution in [1.29, 1.82) is 0 Å². The minimum atomic E-state index is -3.06. The lowest BCUT2D eigenvalue weighted by atomic mass is 10.2. The Morgan fingerprint density at radius 3 is 2.65 bits per heavy atom. The number of nitrogens with two attached hydrogens (primary N) is 1. The summed E-state index contributed by atoms with van der Waals surface area (Å²) in [6.07, 6.45) is 0.787. The van der Waals surface area contributed by atoms with Crippen LogP contribution in [0.2, 0.25) is 0 Å². The van der Waals surface area contributed by atoms with Gasteiger partial charge in [-0.3, -0.25) is 9.78 Å². The number of amides is 2. The normalized spacial score (nSPS) is 13.8. The summed E-state index contributed by atoms with van der Waals surface area (Å²) in [5, 5.41) is 2.58. The Labute approximate surface area is 208 Å². The van der Waals surface area contributed by atoms with Crippen molar-refractivity contribution in [3.63, 3.8) is 0 Å². The fraction of sp³-hybridized carbons (Fsp3) is 0.333. The van der Waals surface area contributed by atoms with E-state index in [1.165, 1.54) is 37.3 Å². The van der Waals surface area contributed by atoms with E-state index in [9.17, 15) is 22.8 Å². The van der Waals surface area contributed by atoms with Crippen molar-refractivity contribution in [3.8, 4) is 23.0 Å². The number of nitrogens with zero attached hydrogens (tertiary/aromatic N) is 2. The molecule has 0 saturated heterocycles. The number of alkyl halides is 2. The van der Waals surface area contributed by atoms with Crippen LogP contribution in [0.25, 0.3) is 11.5 Å². The molecule has 2 heterocycles. The molecule has 1 atom stereocenters. The van der Waals surface area contributed by atoms with Crippen molar-refractivity contribution in [2.24, 2.45) is 11.7 Å². The van der Waals surface area contributed by atoms with E-state index in [-0.39, 0.29) is 35.4 Å². The van der Waals surface area contributed by atoms with Crippen molar-refractivity contribution >= 4 is 12.0 Å². The first-order valence-corrected chi connectivity index (χ1v) is 11.3. The minimum Gasteiger partial charge on any atom is -0.489 e. The number of hydrogen-bond donors (Lipinski definition) is 2. The average molecular weight is 520 g/mol. The molecule has 1 aliphatic rings. The highest BCUT2D eigenvalue weighted by Gasteiger charge is 2.28. The van der Waals surface area contributed by atoms with Gasteiger partial charge in [-0.05, 0) is 56.0 Å². The number of benzene rings is 1. The Bertz CT molecular complexity index is 1260. The molecule has 1 unspecified atom stereocenters. The highest BCUT2D eigenvalue weighted by molar-refractivity contribution is 5.94. The van der Waals surface area contributed by atoms with Crippen LogP contribution in [0.15, 0.2) is 40.9 Å². The van der Waals surface area contributed by atoms with Gasteiger partial charge < -0.3 is 29.7 Å². The maximum atomic E-state index is 13.1. The maximum absolute atomic E-state index is 13.1. The summed E-state index contributed by atoms with van der Waals surface area (Å²) in [6.45, 7) is -1.35. The van der Waals surface area contributed by atoms with E-state index < -0.39 is 30.5 Å². The number of pyridine rings is 1. The number of carbonyl (C=O) groups excluding carboxylic acids is 2. The molecule has 3 N–H and O–H groups in total. The predicted octanol–water partition coefficient (Wildman–Crippen LogP) is 4.35. The molecule has 2 aromatic heterocycles. The van der Waals surface area contributed by atoms with Crippen LogP contribution in [0, 0.1) is 11.7 Å². The summed E-state index contributed by atoms with van der Waals surface area (Å²) >= 11 is 0. The predicted molar refractivity (Wildman–Crippen MR) is 121 cm³/mol. The van der Waals surface area contributed by atoms with E-state index in [1.807, 2.05) is 0 Å².